The van der Waals surface area contributed by atoms with Crippen molar-refractivity contribution >= 4 is 11.6 Å². The number of aliphatic hydroxyl groups is 1. The summed E-state index contributed by atoms with van der Waals surface area (Å²) >= 11 is 6.07. The molecule has 118 valence electrons. The lowest BCUT2D eigenvalue weighted by Crippen LogP contribution is -2.21. The maximum Gasteiger partial charge on any atom is 0.161 e. The molecular formula is C17H20ClNO3. The Morgan fingerprint density at radius 2 is 1.82 bits per heavy atom. The quantitative estimate of drug-likeness (QED) is 0.822. The van der Waals surface area contributed by atoms with E-state index in [2.05, 4.69) is 5.32 Å². The summed E-state index contributed by atoms with van der Waals surface area (Å²) in [5, 5.41) is 14.0. The predicted molar refractivity (Wildman–Crippen MR) is 87.7 cm³/mol. The highest BCUT2D eigenvalue weighted by atomic mass is 35.5. The molecule has 2 aromatic carbocycles. The molecule has 2 aromatic rings. The average Bonchev–Trinajstić information content (AvgIpc) is 2.55. The van der Waals surface area contributed by atoms with Gasteiger partial charge in [0.25, 0.3) is 0 Å². The maximum atomic E-state index is 10.2. The summed E-state index contributed by atoms with van der Waals surface area (Å²) in [4.78, 5) is 0. The molecule has 0 bridgehead atoms. The van der Waals surface area contributed by atoms with Crippen LogP contribution in [0.1, 0.15) is 17.2 Å². The standard InChI is InChI=1S/C17H20ClNO3/c1-21-16-8-7-12(9-17(16)22-2)10-19-11-15(20)13-5-3-4-6-14(13)18/h3-9,15,19-20H,10-11H2,1-2H3. The number of nitrogens with one attached hydrogen (secondary N) is 1. The van der Waals surface area contributed by atoms with Gasteiger partial charge in [-0.15, -0.1) is 0 Å². The monoisotopic (exact) mass is 321 g/mol. The Labute approximate surface area is 135 Å². The van der Waals surface area contributed by atoms with E-state index >= 15 is 0 Å². The molecule has 0 aliphatic heterocycles. The summed E-state index contributed by atoms with van der Waals surface area (Å²) in [5.41, 5.74) is 1.77. The first-order valence-electron chi connectivity index (χ1n) is 6.99. The first kappa shape index (κ1) is 16.6. The largest absolute Gasteiger partial charge is 0.493 e. The van der Waals surface area contributed by atoms with Gasteiger partial charge in [-0.1, -0.05) is 35.9 Å². The SMILES string of the molecule is COc1ccc(CNCC(O)c2ccccc2Cl)cc1OC. The number of rotatable bonds is 7. The van der Waals surface area contributed by atoms with Crippen LogP contribution in [0.4, 0.5) is 0 Å². The van der Waals surface area contributed by atoms with Crippen molar-refractivity contribution in [1.29, 1.82) is 0 Å². The highest BCUT2D eigenvalue weighted by molar-refractivity contribution is 6.31. The van der Waals surface area contributed by atoms with E-state index in [4.69, 9.17) is 21.1 Å². The molecule has 0 fully saturated rings. The molecule has 1 atom stereocenters. The Hall–Kier alpha value is -1.75. The first-order chi connectivity index (χ1) is 10.7. The number of benzene rings is 2. The smallest absolute Gasteiger partial charge is 0.161 e. The van der Waals surface area contributed by atoms with Crippen molar-refractivity contribution in [3.8, 4) is 11.5 Å². The Bertz CT molecular complexity index is 619. The van der Waals surface area contributed by atoms with Crippen molar-refractivity contribution in [3.05, 3.63) is 58.6 Å². The topological polar surface area (TPSA) is 50.7 Å². The van der Waals surface area contributed by atoms with E-state index < -0.39 is 6.10 Å². The molecule has 0 saturated heterocycles. The third-order valence-corrected chi connectivity index (χ3v) is 3.72. The van der Waals surface area contributed by atoms with E-state index in [1.807, 2.05) is 36.4 Å². The molecule has 0 aromatic heterocycles. The molecule has 1 unspecified atom stereocenters. The highest BCUT2D eigenvalue weighted by Gasteiger charge is 2.11. The van der Waals surface area contributed by atoms with Crippen LogP contribution < -0.4 is 14.8 Å². The molecule has 2 N–H and O–H groups in total. The second kappa shape index (κ2) is 8.03. The fourth-order valence-electron chi connectivity index (χ4n) is 2.20. The van der Waals surface area contributed by atoms with Crippen LogP contribution in [0, 0.1) is 0 Å². The van der Waals surface area contributed by atoms with Gasteiger partial charge in [-0.2, -0.15) is 0 Å². The Morgan fingerprint density at radius 1 is 1.09 bits per heavy atom. The minimum Gasteiger partial charge on any atom is -0.493 e. The summed E-state index contributed by atoms with van der Waals surface area (Å²) in [6.45, 7) is 1.03. The number of methoxy groups -OCH3 is 2. The van der Waals surface area contributed by atoms with Crippen molar-refractivity contribution in [3.63, 3.8) is 0 Å². The Kier molecular flexibility index (Phi) is 6.07. The van der Waals surface area contributed by atoms with E-state index in [0.29, 0.717) is 29.6 Å². The Balaban J connectivity index is 1.92. The van der Waals surface area contributed by atoms with Gasteiger partial charge in [-0.25, -0.2) is 0 Å². The van der Waals surface area contributed by atoms with Gasteiger partial charge < -0.3 is 19.9 Å². The third kappa shape index (κ3) is 4.13. The summed E-state index contributed by atoms with van der Waals surface area (Å²) in [6.07, 6.45) is -0.645. The fraction of sp³-hybridized carbons (Fsp3) is 0.294. The molecule has 4 nitrogen and oxygen atoms in total. The lowest BCUT2D eigenvalue weighted by molar-refractivity contribution is 0.174. The zero-order valence-electron chi connectivity index (χ0n) is 12.7. The normalized spacial score (nSPS) is 12.0. The molecule has 2 rings (SSSR count). The minimum absolute atomic E-state index is 0.415. The van der Waals surface area contributed by atoms with Gasteiger partial charge >= 0.3 is 0 Å². The van der Waals surface area contributed by atoms with Gasteiger partial charge in [-0.3, -0.25) is 0 Å². The number of ether oxygens (including phenoxy) is 2. The maximum absolute atomic E-state index is 10.2. The molecule has 0 heterocycles. The molecule has 0 amide bonds. The van der Waals surface area contributed by atoms with Crippen LogP contribution in [0.2, 0.25) is 5.02 Å². The molecule has 0 radical (unpaired) electrons. The van der Waals surface area contributed by atoms with Crippen molar-refractivity contribution < 1.29 is 14.6 Å². The second-order valence-corrected chi connectivity index (χ2v) is 5.26. The molecule has 0 saturated carbocycles. The van der Waals surface area contributed by atoms with Gasteiger partial charge in [0.15, 0.2) is 11.5 Å². The van der Waals surface area contributed by atoms with Crippen LogP contribution in [0.15, 0.2) is 42.5 Å². The van der Waals surface area contributed by atoms with Gasteiger partial charge in [0.05, 0.1) is 20.3 Å². The number of halogens is 1. The van der Waals surface area contributed by atoms with Crippen molar-refractivity contribution in [2.75, 3.05) is 20.8 Å². The lowest BCUT2D eigenvalue weighted by Gasteiger charge is -2.14. The van der Waals surface area contributed by atoms with Crippen LogP contribution in [-0.4, -0.2) is 25.9 Å². The van der Waals surface area contributed by atoms with E-state index in [1.165, 1.54) is 0 Å². The van der Waals surface area contributed by atoms with E-state index in [0.717, 1.165) is 11.1 Å². The number of hydrogen-bond acceptors (Lipinski definition) is 4. The number of hydrogen-bond donors (Lipinski definition) is 2. The van der Waals surface area contributed by atoms with Crippen molar-refractivity contribution in [2.24, 2.45) is 0 Å². The highest BCUT2D eigenvalue weighted by Crippen LogP contribution is 2.27. The van der Waals surface area contributed by atoms with Gasteiger partial charge in [0, 0.05) is 23.7 Å². The minimum atomic E-state index is -0.645. The van der Waals surface area contributed by atoms with E-state index in [-0.39, 0.29) is 0 Å². The summed E-state index contributed by atoms with van der Waals surface area (Å²) in [7, 11) is 3.21. The first-order valence-corrected chi connectivity index (χ1v) is 7.37. The molecule has 0 aliphatic rings. The fourth-order valence-corrected chi connectivity index (χ4v) is 2.46. The molecule has 22 heavy (non-hydrogen) atoms. The Morgan fingerprint density at radius 3 is 2.50 bits per heavy atom. The summed E-state index contributed by atoms with van der Waals surface area (Å²) in [5.74, 6) is 1.39. The van der Waals surface area contributed by atoms with Crippen molar-refractivity contribution in [2.45, 2.75) is 12.6 Å². The average molecular weight is 322 g/mol. The van der Waals surface area contributed by atoms with Gasteiger partial charge in [0.1, 0.15) is 0 Å². The van der Waals surface area contributed by atoms with Crippen LogP contribution in [-0.2, 0) is 6.54 Å². The third-order valence-electron chi connectivity index (χ3n) is 3.38. The van der Waals surface area contributed by atoms with Gasteiger partial charge in [-0.05, 0) is 23.8 Å². The zero-order valence-corrected chi connectivity index (χ0v) is 13.4. The van der Waals surface area contributed by atoms with E-state index in [1.54, 1.807) is 20.3 Å². The van der Waals surface area contributed by atoms with Crippen LogP contribution in [0.5, 0.6) is 11.5 Å². The van der Waals surface area contributed by atoms with Gasteiger partial charge in [0.2, 0.25) is 0 Å². The van der Waals surface area contributed by atoms with Crippen LogP contribution >= 0.6 is 11.6 Å². The molecular weight excluding hydrogens is 302 g/mol. The van der Waals surface area contributed by atoms with E-state index in [9.17, 15) is 5.11 Å². The molecule has 0 aliphatic carbocycles. The summed E-state index contributed by atoms with van der Waals surface area (Å²) in [6, 6.07) is 13.0. The van der Waals surface area contributed by atoms with Crippen molar-refractivity contribution in [1.82, 2.24) is 5.32 Å². The zero-order chi connectivity index (χ0) is 15.9. The second-order valence-electron chi connectivity index (χ2n) is 4.86. The van der Waals surface area contributed by atoms with Crippen LogP contribution in [0.3, 0.4) is 0 Å². The molecule has 5 heteroatoms. The predicted octanol–water partition coefficient (Wildman–Crippen LogP) is 3.18. The lowest BCUT2D eigenvalue weighted by atomic mass is 10.1. The number of aliphatic hydroxyl groups excluding tert-OH is 1. The molecule has 0 spiro atoms. The summed E-state index contributed by atoms with van der Waals surface area (Å²) < 4.78 is 10.5. The van der Waals surface area contributed by atoms with Crippen LogP contribution in [0.25, 0.3) is 0 Å².